The van der Waals surface area contributed by atoms with Crippen LogP contribution in [0, 0.1) is 0 Å². The minimum atomic E-state index is -1.11. The van der Waals surface area contributed by atoms with Crippen molar-refractivity contribution in [3.63, 3.8) is 0 Å². The van der Waals surface area contributed by atoms with Crippen LogP contribution in [0.3, 0.4) is 0 Å². The molecule has 3 N–H and O–H groups in total. The number of aliphatic carboxylic acids is 1. The average Bonchev–Trinajstić information content (AvgIpc) is 2.56. The van der Waals surface area contributed by atoms with Crippen molar-refractivity contribution in [2.75, 3.05) is 26.8 Å². The van der Waals surface area contributed by atoms with Crippen molar-refractivity contribution in [1.82, 2.24) is 10.6 Å². The number of carboxylic acid groups (broad SMARTS) is 1. The van der Waals surface area contributed by atoms with Crippen LogP contribution in [0.25, 0.3) is 0 Å². The molecular weight excluding hydrogens is 312 g/mol. The van der Waals surface area contributed by atoms with E-state index in [1.54, 1.807) is 7.11 Å². The zero-order chi connectivity index (χ0) is 18.0. The Morgan fingerprint density at radius 2 is 1.25 bits per heavy atom. The third-order valence-corrected chi connectivity index (χ3v) is 3.64. The monoisotopic (exact) mass is 344 g/mol. The second-order valence-electron chi connectivity index (χ2n) is 5.87. The SMILES string of the molecule is COCCCCCCCCCCCC(=O)NCC(=O)NCC(=O)O. The smallest absolute Gasteiger partial charge is 0.322 e. The van der Waals surface area contributed by atoms with Crippen LogP contribution in [0.4, 0.5) is 0 Å². The lowest BCUT2D eigenvalue weighted by molar-refractivity contribution is -0.137. The molecule has 7 heteroatoms. The van der Waals surface area contributed by atoms with Gasteiger partial charge >= 0.3 is 5.97 Å². The van der Waals surface area contributed by atoms with Crippen molar-refractivity contribution >= 4 is 17.8 Å². The van der Waals surface area contributed by atoms with E-state index in [0.29, 0.717) is 6.42 Å². The molecule has 0 aliphatic carbocycles. The number of hydrogen-bond donors (Lipinski definition) is 3. The fourth-order valence-electron chi connectivity index (χ4n) is 2.27. The summed E-state index contributed by atoms with van der Waals surface area (Å²) in [5, 5.41) is 13.1. The largest absolute Gasteiger partial charge is 0.480 e. The highest BCUT2D eigenvalue weighted by atomic mass is 16.5. The molecule has 0 bridgehead atoms. The van der Waals surface area contributed by atoms with Crippen molar-refractivity contribution in [2.24, 2.45) is 0 Å². The maximum atomic E-state index is 11.5. The molecule has 0 aliphatic rings. The predicted octanol–water partition coefficient (Wildman–Crippen LogP) is 1.85. The molecular formula is C17H32N2O5. The molecule has 0 saturated carbocycles. The number of carbonyl (C=O) groups excluding carboxylic acids is 2. The van der Waals surface area contributed by atoms with Gasteiger partial charge in [-0.25, -0.2) is 0 Å². The van der Waals surface area contributed by atoms with E-state index in [1.165, 1.54) is 32.1 Å². The van der Waals surface area contributed by atoms with Crippen LogP contribution in [-0.4, -0.2) is 49.7 Å². The molecule has 0 spiro atoms. The van der Waals surface area contributed by atoms with E-state index >= 15 is 0 Å². The third-order valence-electron chi connectivity index (χ3n) is 3.64. The van der Waals surface area contributed by atoms with Crippen molar-refractivity contribution in [1.29, 1.82) is 0 Å². The number of unbranched alkanes of at least 4 members (excludes halogenated alkanes) is 8. The van der Waals surface area contributed by atoms with E-state index in [-0.39, 0.29) is 12.5 Å². The average molecular weight is 344 g/mol. The molecule has 0 rings (SSSR count). The summed E-state index contributed by atoms with van der Waals surface area (Å²) in [4.78, 5) is 33.0. The number of carboxylic acids is 1. The van der Waals surface area contributed by atoms with E-state index in [1.807, 2.05) is 0 Å². The van der Waals surface area contributed by atoms with Crippen molar-refractivity contribution in [2.45, 2.75) is 64.2 Å². The lowest BCUT2D eigenvalue weighted by atomic mass is 10.1. The topological polar surface area (TPSA) is 105 Å². The summed E-state index contributed by atoms with van der Waals surface area (Å²) in [5.74, 6) is -1.76. The van der Waals surface area contributed by atoms with Crippen molar-refractivity contribution < 1.29 is 24.2 Å². The van der Waals surface area contributed by atoms with Gasteiger partial charge in [0.25, 0.3) is 0 Å². The lowest BCUT2D eigenvalue weighted by Gasteiger charge is -2.05. The number of methoxy groups -OCH3 is 1. The summed E-state index contributed by atoms with van der Waals surface area (Å²) in [6.45, 7) is 0.250. The number of hydrogen-bond acceptors (Lipinski definition) is 4. The molecule has 2 amide bonds. The van der Waals surface area contributed by atoms with E-state index < -0.39 is 18.4 Å². The molecule has 0 unspecified atom stereocenters. The minimum absolute atomic E-state index is 0.168. The van der Waals surface area contributed by atoms with Crippen LogP contribution in [0.15, 0.2) is 0 Å². The maximum absolute atomic E-state index is 11.5. The first-order valence-electron chi connectivity index (χ1n) is 8.80. The van der Waals surface area contributed by atoms with E-state index in [4.69, 9.17) is 9.84 Å². The van der Waals surface area contributed by atoms with Gasteiger partial charge in [-0.2, -0.15) is 0 Å². The molecule has 140 valence electrons. The quantitative estimate of drug-likeness (QED) is 0.371. The first kappa shape index (κ1) is 22.4. The fraction of sp³-hybridized carbons (Fsp3) is 0.824. The molecule has 0 aromatic carbocycles. The zero-order valence-electron chi connectivity index (χ0n) is 14.8. The van der Waals surface area contributed by atoms with Gasteiger partial charge in [0, 0.05) is 20.1 Å². The van der Waals surface area contributed by atoms with Gasteiger partial charge in [-0.1, -0.05) is 44.9 Å². The standard InChI is InChI=1S/C17H32N2O5/c1-24-12-10-8-6-4-2-3-5-7-9-11-15(20)18-13-16(21)19-14-17(22)23/h2-14H2,1H3,(H,18,20)(H,19,21)(H,22,23). The second-order valence-corrected chi connectivity index (χ2v) is 5.87. The molecule has 0 aromatic heterocycles. The first-order valence-corrected chi connectivity index (χ1v) is 8.80. The molecule has 0 radical (unpaired) electrons. The van der Waals surface area contributed by atoms with Crippen LogP contribution in [0.2, 0.25) is 0 Å². The van der Waals surface area contributed by atoms with Crippen LogP contribution in [-0.2, 0) is 19.1 Å². The Morgan fingerprint density at radius 3 is 1.79 bits per heavy atom. The molecule has 0 saturated heterocycles. The summed E-state index contributed by atoms with van der Waals surface area (Å²) in [6.07, 6.45) is 10.7. The summed E-state index contributed by atoms with van der Waals surface area (Å²) >= 11 is 0. The molecule has 0 atom stereocenters. The van der Waals surface area contributed by atoms with Gasteiger partial charge in [-0.15, -0.1) is 0 Å². The van der Waals surface area contributed by atoms with Crippen molar-refractivity contribution in [3.8, 4) is 0 Å². The fourth-order valence-corrected chi connectivity index (χ4v) is 2.27. The highest BCUT2D eigenvalue weighted by molar-refractivity contribution is 5.86. The molecule has 24 heavy (non-hydrogen) atoms. The summed E-state index contributed by atoms with van der Waals surface area (Å²) in [5.41, 5.74) is 0. The van der Waals surface area contributed by atoms with Gasteiger partial charge in [0.15, 0.2) is 0 Å². The first-order chi connectivity index (χ1) is 11.6. The molecule has 0 aromatic rings. The highest BCUT2D eigenvalue weighted by Crippen LogP contribution is 2.10. The Kier molecular flexibility index (Phi) is 15.1. The van der Waals surface area contributed by atoms with Crippen LogP contribution in [0.5, 0.6) is 0 Å². The molecule has 0 fully saturated rings. The number of carbonyl (C=O) groups is 3. The second kappa shape index (κ2) is 16.2. The van der Waals surface area contributed by atoms with Gasteiger partial charge in [-0.05, 0) is 12.8 Å². The normalized spacial score (nSPS) is 10.4. The number of nitrogens with one attached hydrogen (secondary N) is 2. The third kappa shape index (κ3) is 16.7. The summed E-state index contributed by atoms with van der Waals surface area (Å²) in [7, 11) is 1.73. The lowest BCUT2D eigenvalue weighted by Crippen LogP contribution is -2.38. The summed E-state index contributed by atoms with van der Waals surface area (Å²) in [6, 6.07) is 0. The van der Waals surface area contributed by atoms with Gasteiger partial charge in [0.1, 0.15) is 6.54 Å². The Morgan fingerprint density at radius 1 is 0.750 bits per heavy atom. The highest BCUT2D eigenvalue weighted by Gasteiger charge is 2.06. The zero-order valence-corrected chi connectivity index (χ0v) is 14.8. The Hall–Kier alpha value is -1.63. The molecule has 0 heterocycles. The summed E-state index contributed by atoms with van der Waals surface area (Å²) < 4.78 is 5.01. The van der Waals surface area contributed by atoms with Gasteiger partial charge in [-0.3, -0.25) is 14.4 Å². The maximum Gasteiger partial charge on any atom is 0.322 e. The van der Waals surface area contributed by atoms with Gasteiger partial charge in [0.05, 0.1) is 6.54 Å². The van der Waals surface area contributed by atoms with Crippen molar-refractivity contribution in [3.05, 3.63) is 0 Å². The van der Waals surface area contributed by atoms with Crippen LogP contribution < -0.4 is 10.6 Å². The minimum Gasteiger partial charge on any atom is -0.480 e. The van der Waals surface area contributed by atoms with E-state index in [2.05, 4.69) is 10.6 Å². The predicted molar refractivity (Wildman–Crippen MR) is 91.7 cm³/mol. The Bertz CT molecular complexity index is 361. The number of amides is 2. The van der Waals surface area contributed by atoms with Crippen LogP contribution in [0.1, 0.15) is 64.2 Å². The molecule has 0 aliphatic heterocycles. The van der Waals surface area contributed by atoms with Gasteiger partial charge < -0.3 is 20.5 Å². The Labute approximate surface area is 144 Å². The van der Waals surface area contributed by atoms with E-state index in [9.17, 15) is 14.4 Å². The van der Waals surface area contributed by atoms with Gasteiger partial charge in [0.2, 0.25) is 11.8 Å². The number of rotatable bonds is 16. The number of ether oxygens (including phenoxy) is 1. The Balaban J connectivity index is 3.31. The molecule has 7 nitrogen and oxygen atoms in total. The van der Waals surface area contributed by atoms with E-state index in [0.717, 1.165) is 32.3 Å². The van der Waals surface area contributed by atoms with Crippen LogP contribution >= 0.6 is 0 Å².